The van der Waals surface area contributed by atoms with Crippen LogP contribution in [0.15, 0.2) is 10.9 Å². The van der Waals surface area contributed by atoms with E-state index < -0.39 is 0 Å². The maximum atomic E-state index is 4.23. The Bertz CT molecular complexity index is 201. The van der Waals surface area contributed by atoms with Crippen molar-refractivity contribution in [1.82, 2.24) is 9.88 Å². The van der Waals surface area contributed by atoms with E-state index in [1.165, 1.54) is 12.1 Å². The molecule has 0 fully saturated rings. The zero-order chi connectivity index (χ0) is 8.81. The number of halogens is 1. The van der Waals surface area contributed by atoms with E-state index in [2.05, 4.69) is 38.2 Å². The molecule has 0 aliphatic rings. The molecule has 0 amide bonds. The van der Waals surface area contributed by atoms with Gasteiger partial charge in [-0.05, 0) is 20.0 Å². The minimum atomic E-state index is 0.969. The summed E-state index contributed by atoms with van der Waals surface area (Å²) < 4.78 is 0. The fraction of sp³-hybridized carbons (Fsp3) is 0.625. The van der Waals surface area contributed by atoms with Crippen molar-refractivity contribution >= 4 is 27.3 Å². The van der Waals surface area contributed by atoms with Gasteiger partial charge in [0.25, 0.3) is 0 Å². The van der Waals surface area contributed by atoms with E-state index in [0.29, 0.717) is 0 Å². The summed E-state index contributed by atoms with van der Waals surface area (Å²) in [7, 11) is 2.13. The molecular formula is C8H13BrN2S. The van der Waals surface area contributed by atoms with Gasteiger partial charge in [0.15, 0.2) is 0 Å². The molecule has 1 heterocycles. The number of thiazole rings is 1. The summed E-state index contributed by atoms with van der Waals surface area (Å²) in [6.07, 6.45) is 1.20. The molecule has 0 saturated carbocycles. The lowest BCUT2D eigenvalue weighted by atomic mass is 10.4. The molecule has 0 bridgehead atoms. The number of aromatic nitrogens is 1. The lowest BCUT2D eigenvalue weighted by Crippen LogP contribution is -2.19. The largest absolute Gasteiger partial charge is 0.300 e. The molecule has 0 aromatic carbocycles. The van der Waals surface area contributed by atoms with Gasteiger partial charge < -0.3 is 4.90 Å². The standard InChI is InChI=1S/C8H13BrN2S/c1-11(4-2-3-9)5-8-6-12-7-10-8/h6-7H,2-5H2,1H3. The van der Waals surface area contributed by atoms with Crippen molar-refractivity contribution in [3.05, 3.63) is 16.6 Å². The van der Waals surface area contributed by atoms with Gasteiger partial charge >= 0.3 is 0 Å². The summed E-state index contributed by atoms with van der Waals surface area (Å²) in [6, 6.07) is 0. The molecule has 0 radical (unpaired) electrons. The van der Waals surface area contributed by atoms with E-state index in [1.54, 1.807) is 11.3 Å². The molecular weight excluding hydrogens is 236 g/mol. The molecule has 0 aliphatic heterocycles. The van der Waals surface area contributed by atoms with Gasteiger partial charge in [-0.15, -0.1) is 11.3 Å². The Balaban J connectivity index is 2.22. The van der Waals surface area contributed by atoms with Crippen molar-refractivity contribution < 1.29 is 0 Å². The second-order valence-electron chi connectivity index (χ2n) is 2.76. The molecule has 1 aromatic rings. The van der Waals surface area contributed by atoms with Crippen molar-refractivity contribution in [1.29, 1.82) is 0 Å². The summed E-state index contributed by atoms with van der Waals surface area (Å²) in [6.45, 7) is 2.10. The van der Waals surface area contributed by atoms with Gasteiger partial charge in [-0.1, -0.05) is 15.9 Å². The lowest BCUT2D eigenvalue weighted by Gasteiger charge is -2.13. The number of nitrogens with zero attached hydrogens (tertiary/aromatic N) is 2. The van der Waals surface area contributed by atoms with Crippen LogP contribution in [0.2, 0.25) is 0 Å². The van der Waals surface area contributed by atoms with Gasteiger partial charge in [0, 0.05) is 17.3 Å². The molecule has 12 heavy (non-hydrogen) atoms. The minimum absolute atomic E-state index is 0.969. The van der Waals surface area contributed by atoms with Crippen molar-refractivity contribution in [3.8, 4) is 0 Å². The fourth-order valence-corrected chi connectivity index (χ4v) is 1.80. The summed E-state index contributed by atoms with van der Waals surface area (Å²) in [5.74, 6) is 0. The molecule has 0 spiro atoms. The van der Waals surface area contributed by atoms with E-state index >= 15 is 0 Å². The predicted octanol–water partition coefficient (Wildman–Crippen LogP) is 2.36. The SMILES string of the molecule is CN(CCCBr)Cc1cscn1. The van der Waals surface area contributed by atoms with E-state index in [-0.39, 0.29) is 0 Å². The van der Waals surface area contributed by atoms with Crippen LogP contribution in [0.1, 0.15) is 12.1 Å². The van der Waals surface area contributed by atoms with Crippen LogP contribution in [0, 0.1) is 0 Å². The quantitative estimate of drug-likeness (QED) is 0.745. The molecule has 0 N–H and O–H groups in total. The van der Waals surface area contributed by atoms with Gasteiger partial charge in [0.2, 0.25) is 0 Å². The number of hydrogen-bond donors (Lipinski definition) is 0. The summed E-state index contributed by atoms with van der Waals surface area (Å²) in [4.78, 5) is 6.52. The Kier molecular flexibility index (Phi) is 4.80. The molecule has 1 rings (SSSR count). The second kappa shape index (κ2) is 5.67. The van der Waals surface area contributed by atoms with Crippen LogP contribution in [0.4, 0.5) is 0 Å². The lowest BCUT2D eigenvalue weighted by molar-refractivity contribution is 0.325. The molecule has 1 aromatic heterocycles. The molecule has 0 saturated heterocycles. The first-order valence-electron chi connectivity index (χ1n) is 3.94. The van der Waals surface area contributed by atoms with Crippen LogP contribution in [-0.2, 0) is 6.54 Å². The molecule has 0 unspecified atom stereocenters. The number of alkyl halides is 1. The molecule has 0 aliphatic carbocycles. The monoisotopic (exact) mass is 248 g/mol. The Morgan fingerprint density at radius 2 is 2.50 bits per heavy atom. The minimum Gasteiger partial charge on any atom is -0.300 e. The first kappa shape index (κ1) is 10.2. The topological polar surface area (TPSA) is 16.1 Å². The van der Waals surface area contributed by atoms with Crippen molar-refractivity contribution in [3.63, 3.8) is 0 Å². The van der Waals surface area contributed by atoms with Gasteiger partial charge in [-0.3, -0.25) is 0 Å². The maximum absolute atomic E-state index is 4.23. The van der Waals surface area contributed by atoms with Crippen molar-refractivity contribution in [2.75, 3.05) is 18.9 Å². The molecule has 68 valence electrons. The normalized spacial score (nSPS) is 10.9. The summed E-state index contributed by atoms with van der Waals surface area (Å²) in [5, 5.41) is 3.18. The Morgan fingerprint density at radius 1 is 1.67 bits per heavy atom. The van der Waals surface area contributed by atoms with Gasteiger partial charge in [-0.2, -0.15) is 0 Å². The molecule has 4 heteroatoms. The zero-order valence-electron chi connectivity index (χ0n) is 7.16. The maximum Gasteiger partial charge on any atom is 0.0795 e. The summed E-state index contributed by atoms with van der Waals surface area (Å²) >= 11 is 5.07. The van der Waals surface area contributed by atoms with Gasteiger partial charge in [-0.25, -0.2) is 4.98 Å². The second-order valence-corrected chi connectivity index (χ2v) is 4.27. The smallest absolute Gasteiger partial charge is 0.0795 e. The first-order valence-corrected chi connectivity index (χ1v) is 6.01. The van der Waals surface area contributed by atoms with Crippen molar-refractivity contribution in [2.45, 2.75) is 13.0 Å². The number of hydrogen-bond acceptors (Lipinski definition) is 3. The van der Waals surface area contributed by atoms with E-state index in [4.69, 9.17) is 0 Å². The summed E-state index contributed by atoms with van der Waals surface area (Å²) in [5.41, 5.74) is 3.06. The highest BCUT2D eigenvalue weighted by atomic mass is 79.9. The number of rotatable bonds is 5. The molecule has 2 nitrogen and oxygen atoms in total. The van der Waals surface area contributed by atoms with E-state index in [0.717, 1.165) is 18.4 Å². The van der Waals surface area contributed by atoms with Crippen LogP contribution < -0.4 is 0 Å². The molecule has 0 atom stereocenters. The van der Waals surface area contributed by atoms with Crippen LogP contribution in [0.3, 0.4) is 0 Å². The van der Waals surface area contributed by atoms with Crippen LogP contribution in [0.5, 0.6) is 0 Å². The van der Waals surface area contributed by atoms with Crippen molar-refractivity contribution in [2.24, 2.45) is 0 Å². The zero-order valence-corrected chi connectivity index (χ0v) is 9.57. The highest BCUT2D eigenvalue weighted by Crippen LogP contribution is 2.04. The average molecular weight is 249 g/mol. The predicted molar refractivity (Wildman–Crippen MR) is 56.9 cm³/mol. The fourth-order valence-electron chi connectivity index (χ4n) is 1.00. The van der Waals surface area contributed by atoms with Gasteiger partial charge in [0.05, 0.1) is 11.2 Å². The Hall–Kier alpha value is 0.0700. The van der Waals surface area contributed by atoms with E-state index in [9.17, 15) is 0 Å². The van der Waals surface area contributed by atoms with Crippen LogP contribution >= 0.6 is 27.3 Å². The average Bonchev–Trinajstić information content (AvgIpc) is 2.53. The van der Waals surface area contributed by atoms with Crippen LogP contribution in [0.25, 0.3) is 0 Å². The highest BCUT2D eigenvalue weighted by molar-refractivity contribution is 9.09. The van der Waals surface area contributed by atoms with Crippen LogP contribution in [-0.4, -0.2) is 28.8 Å². The Morgan fingerprint density at radius 3 is 3.08 bits per heavy atom. The first-order chi connectivity index (χ1) is 5.83. The third kappa shape index (κ3) is 3.65. The Labute approximate surface area is 85.7 Å². The van der Waals surface area contributed by atoms with E-state index in [1.807, 2.05) is 5.51 Å². The third-order valence-corrected chi connectivity index (χ3v) is 2.78. The van der Waals surface area contributed by atoms with Gasteiger partial charge in [0.1, 0.15) is 0 Å². The highest BCUT2D eigenvalue weighted by Gasteiger charge is 2.00. The third-order valence-electron chi connectivity index (χ3n) is 1.59.